The number of nitrogens with one attached hydrogen (secondary N) is 1. The van der Waals surface area contributed by atoms with Crippen LogP contribution < -0.4 is 0 Å². The molecular formula is C7H8BrN3. The molecule has 0 saturated heterocycles. The van der Waals surface area contributed by atoms with Crippen molar-refractivity contribution >= 4 is 15.9 Å². The number of imidazole rings is 1. The Morgan fingerprint density at radius 3 is 2.91 bits per heavy atom. The van der Waals surface area contributed by atoms with Crippen LogP contribution in [-0.2, 0) is 6.42 Å². The maximum absolute atomic E-state index is 8.54. The second kappa shape index (κ2) is 3.54. The largest absolute Gasteiger partial charge is 0.336 e. The summed E-state index contributed by atoms with van der Waals surface area (Å²) in [4.78, 5) is 7.03. The van der Waals surface area contributed by atoms with Crippen LogP contribution in [0.25, 0.3) is 0 Å². The van der Waals surface area contributed by atoms with E-state index in [4.69, 9.17) is 5.26 Å². The monoisotopic (exact) mass is 213 g/mol. The van der Waals surface area contributed by atoms with E-state index in [2.05, 4.69) is 32.8 Å². The lowest BCUT2D eigenvalue weighted by Crippen LogP contribution is -1.84. The summed E-state index contributed by atoms with van der Waals surface area (Å²) in [6, 6.07) is 1.98. The molecule has 0 bridgehead atoms. The molecule has 0 amide bonds. The number of H-pyrrole nitrogens is 1. The first-order valence-electron chi connectivity index (χ1n) is 3.42. The zero-order valence-corrected chi connectivity index (χ0v) is 7.77. The van der Waals surface area contributed by atoms with E-state index in [9.17, 15) is 0 Å². The van der Waals surface area contributed by atoms with Crippen molar-refractivity contribution in [2.75, 3.05) is 0 Å². The molecule has 3 nitrogen and oxygen atoms in total. The molecule has 0 unspecified atom stereocenters. The van der Waals surface area contributed by atoms with Crippen molar-refractivity contribution in [3.63, 3.8) is 0 Å². The van der Waals surface area contributed by atoms with Crippen molar-refractivity contribution in [3.8, 4) is 6.07 Å². The molecule has 1 rings (SSSR count). The van der Waals surface area contributed by atoms with Gasteiger partial charge in [-0.05, 0) is 22.4 Å². The number of aryl methyl sites for hydroxylation is 1. The predicted molar refractivity (Wildman–Crippen MR) is 45.0 cm³/mol. The summed E-state index contributed by atoms with van der Waals surface area (Å²) >= 11 is 3.21. The summed E-state index contributed by atoms with van der Waals surface area (Å²) in [5.74, 6) is 0.871. The minimum atomic E-state index is 0.438. The lowest BCUT2D eigenvalue weighted by atomic mass is 10.3. The van der Waals surface area contributed by atoms with Gasteiger partial charge in [0.05, 0.1) is 0 Å². The number of nitrogens with zero attached hydrogens (tertiary/aromatic N) is 2. The number of halogens is 1. The number of aromatic amines is 1. The average Bonchev–Trinajstić information content (AvgIpc) is 2.32. The lowest BCUT2D eigenvalue weighted by Gasteiger charge is -1.86. The molecule has 58 valence electrons. The van der Waals surface area contributed by atoms with Crippen molar-refractivity contribution < 1.29 is 0 Å². The van der Waals surface area contributed by atoms with E-state index in [1.54, 1.807) is 0 Å². The highest BCUT2D eigenvalue weighted by Gasteiger charge is 2.04. The van der Waals surface area contributed by atoms with Gasteiger partial charge in [-0.3, -0.25) is 0 Å². The zero-order chi connectivity index (χ0) is 8.27. The molecule has 4 heteroatoms. The van der Waals surface area contributed by atoms with Gasteiger partial charge < -0.3 is 4.98 Å². The Morgan fingerprint density at radius 1 is 1.73 bits per heavy atom. The Bertz CT molecular complexity index is 284. The maximum Gasteiger partial charge on any atom is 0.173 e. The third-order valence-electron chi connectivity index (χ3n) is 1.30. The van der Waals surface area contributed by atoms with Crippen LogP contribution in [0.3, 0.4) is 0 Å². The molecule has 0 fully saturated rings. The second-order valence-electron chi connectivity index (χ2n) is 2.21. The molecule has 1 N–H and O–H groups in total. The second-order valence-corrected chi connectivity index (χ2v) is 3.00. The molecule has 0 atom stereocenters. The highest BCUT2D eigenvalue weighted by atomic mass is 79.9. The van der Waals surface area contributed by atoms with Gasteiger partial charge in [0.15, 0.2) is 5.69 Å². The third-order valence-corrected chi connectivity index (χ3v) is 1.88. The molecule has 0 spiro atoms. The van der Waals surface area contributed by atoms with E-state index >= 15 is 0 Å². The minimum Gasteiger partial charge on any atom is -0.336 e. The zero-order valence-electron chi connectivity index (χ0n) is 6.19. The molecule has 0 aliphatic heterocycles. The van der Waals surface area contributed by atoms with Crippen LogP contribution in [-0.4, -0.2) is 9.97 Å². The molecule has 1 heterocycles. The lowest BCUT2D eigenvalue weighted by molar-refractivity contribution is 0.854. The van der Waals surface area contributed by atoms with Crippen LogP contribution in [0.15, 0.2) is 4.60 Å². The average molecular weight is 214 g/mol. The van der Waals surface area contributed by atoms with E-state index in [0.29, 0.717) is 10.3 Å². The molecule has 1 aromatic rings. The van der Waals surface area contributed by atoms with E-state index in [1.807, 2.05) is 6.07 Å². The van der Waals surface area contributed by atoms with Crippen molar-refractivity contribution in [1.29, 1.82) is 5.26 Å². The molecular weight excluding hydrogens is 206 g/mol. The fraction of sp³-hybridized carbons (Fsp3) is 0.429. The first-order valence-corrected chi connectivity index (χ1v) is 4.21. The van der Waals surface area contributed by atoms with Gasteiger partial charge in [-0.15, -0.1) is 0 Å². The summed E-state index contributed by atoms with van der Waals surface area (Å²) < 4.78 is 0.684. The van der Waals surface area contributed by atoms with Crippen LogP contribution in [0.1, 0.15) is 24.9 Å². The summed E-state index contributed by atoms with van der Waals surface area (Å²) in [6.07, 6.45) is 1.92. The summed E-state index contributed by atoms with van der Waals surface area (Å²) in [5.41, 5.74) is 0.438. The molecule has 1 aromatic heterocycles. The molecule has 0 radical (unpaired) electrons. The standard InChI is InChI=1S/C7H8BrN3/c1-2-3-6-10-5(4-9)7(8)11-6/h2-3H2,1H3,(H,10,11). The van der Waals surface area contributed by atoms with Crippen LogP contribution in [0.2, 0.25) is 0 Å². The number of hydrogen-bond acceptors (Lipinski definition) is 2. The SMILES string of the molecule is CCCc1nc(C#N)c(Br)[nH]1. The molecule has 0 aliphatic rings. The molecule has 0 aromatic carbocycles. The number of hydrogen-bond donors (Lipinski definition) is 1. The Labute approximate surface area is 73.6 Å². The van der Waals surface area contributed by atoms with Crippen molar-refractivity contribution in [2.24, 2.45) is 0 Å². The summed E-state index contributed by atoms with van der Waals surface area (Å²) in [6.45, 7) is 2.07. The first-order chi connectivity index (χ1) is 5.27. The topological polar surface area (TPSA) is 52.5 Å². The van der Waals surface area contributed by atoms with Gasteiger partial charge in [-0.25, -0.2) is 4.98 Å². The van der Waals surface area contributed by atoms with Crippen LogP contribution in [0.4, 0.5) is 0 Å². The Morgan fingerprint density at radius 2 is 2.45 bits per heavy atom. The number of aromatic nitrogens is 2. The van der Waals surface area contributed by atoms with Crippen LogP contribution >= 0.6 is 15.9 Å². The quantitative estimate of drug-likeness (QED) is 0.818. The molecule has 11 heavy (non-hydrogen) atoms. The predicted octanol–water partition coefficient (Wildman–Crippen LogP) is 2.00. The summed E-state index contributed by atoms with van der Waals surface area (Å²) in [7, 11) is 0. The van der Waals surface area contributed by atoms with Crippen molar-refractivity contribution in [2.45, 2.75) is 19.8 Å². The summed E-state index contributed by atoms with van der Waals surface area (Å²) in [5, 5.41) is 8.54. The van der Waals surface area contributed by atoms with Gasteiger partial charge in [0.1, 0.15) is 16.5 Å². The van der Waals surface area contributed by atoms with Crippen molar-refractivity contribution in [3.05, 3.63) is 16.1 Å². The van der Waals surface area contributed by atoms with E-state index in [1.165, 1.54) is 0 Å². The first kappa shape index (κ1) is 8.28. The van der Waals surface area contributed by atoms with Gasteiger partial charge in [0.25, 0.3) is 0 Å². The maximum atomic E-state index is 8.54. The Hall–Kier alpha value is -0.820. The van der Waals surface area contributed by atoms with Gasteiger partial charge in [-0.2, -0.15) is 5.26 Å². The van der Waals surface area contributed by atoms with E-state index in [-0.39, 0.29) is 0 Å². The molecule has 0 aliphatic carbocycles. The van der Waals surface area contributed by atoms with Crippen LogP contribution in [0, 0.1) is 11.3 Å². The number of nitriles is 1. The third kappa shape index (κ3) is 1.81. The van der Waals surface area contributed by atoms with E-state index < -0.39 is 0 Å². The fourth-order valence-corrected chi connectivity index (χ4v) is 1.23. The van der Waals surface area contributed by atoms with Gasteiger partial charge in [0, 0.05) is 6.42 Å². The van der Waals surface area contributed by atoms with E-state index in [0.717, 1.165) is 18.7 Å². The Balaban J connectivity index is 2.89. The Kier molecular flexibility index (Phi) is 2.66. The van der Waals surface area contributed by atoms with Crippen LogP contribution in [0.5, 0.6) is 0 Å². The minimum absolute atomic E-state index is 0.438. The highest BCUT2D eigenvalue weighted by Crippen LogP contribution is 2.12. The van der Waals surface area contributed by atoms with Gasteiger partial charge in [-0.1, -0.05) is 6.92 Å². The smallest absolute Gasteiger partial charge is 0.173 e. The normalized spacial score (nSPS) is 9.55. The molecule has 0 saturated carbocycles. The number of rotatable bonds is 2. The fourth-order valence-electron chi connectivity index (χ4n) is 0.827. The van der Waals surface area contributed by atoms with Gasteiger partial charge in [0.2, 0.25) is 0 Å². The van der Waals surface area contributed by atoms with Crippen molar-refractivity contribution in [1.82, 2.24) is 9.97 Å². The van der Waals surface area contributed by atoms with Gasteiger partial charge >= 0.3 is 0 Å². The highest BCUT2D eigenvalue weighted by molar-refractivity contribution is 9.10.